The summed E-state index contributed by atoms with van der Waals surface area (Å²) in [7, 11) is 0. The standard InChI is InChI=1S/C22H32N4O3S.C14H24/c1-6-14(2)21(29)26-9-7-15-16(13-30-17(15)12-26)20(28)25-19(24-8-10-27)11-18(23)22(3,4)5;1-6-12(3)10-8-9-11-14(5)13(4)7-2/h6,11,13,27H,7-10,12,23H2,1-5H3,(H,24,25,28);8-12H,6-7H2,1-5H3/b14-6+,18-11-;10-8-,11-9-,14-13?. The number of nitrogens with one attached hydrogen (secondary N) is 1. The van der Waals surface area contributed by atoms with Crippen molar-refractivity contribution in [3.63, 3.8) is 0 Å². The van der Waals surface area contributed by atoms with Gasteiger partial charge in [0.25, 0.3) is 5.91 Å². The summed E-state index contributed by atoms with van der Waals surface area (Å²) in [6.45, 7) is 21.8. The topological polar surface area (TPSA) is 108 Å². The van der Waals surface area contributed by atoms with Crippen LogP contribution < -0.4 is 11.1 Å². The second kappa shape index (κ2) is 19.2. The van der Waals surface area contributed by atoms with Crippen LogP contribution in [0.5, 0.6) is 0 Å². The zero-order valence-electron chi connectivity index (χ0n) is 28.7. The van der Waals surface area contributed by atoms with Gasteiger partial charge in [-0.15, -0.1) is 11.3 Å². The number of carbonyl (C=O) groups is 2. The van der Waals surface area contributed by atoms with E-state index in [0.717, 1.165) is 22.4 Å². The summed E-state index contributed by atoms with van der Waals surface area (Å²) in [6.07, 6.45) is 15.2. The Morgan fingerprint density at radius 1 is 1.20 bits per heavy atom. The molecule has 0 saturated carbocycles. The predicted octanol–water partition coefficient (Wildman–Crippen LogP) is 7.50. The summed E-state index contributed by atoms with van der Waals surface area (Å²) in [4.78, 5) is 32.5. The van der Waals surface area contributed by atoms with Crippen LogP contribution in [0.2, 0.25) is 0 Å². The minimum absolute atomic E-state index is 0.0313. The van der Waals surface area contributed by atoms with Gasteiger partial charge in [-0.3, -0.25) is 14.6 Å². The third-order valence-corrected chi connectivity index (χ3v) is 8.79. The maximum atomic E-state index is 12.9. The number of nitrogens with two attached hydrogens (primary N) is 1. The summed E-state index contributed by atoms with van der Waals surface area (Å²) in [5, 5.41) is 13.8. The Bertz CT molecular complexity index is 1290. The van der Waals surface area contributed by atoms with Gasteiger partial charge in [0.1, 0.15) is 5.84 Å². The van der Waals surface area contributed by atoms with Crippen LogP contribution in [0, 0.1) is 11.3 Å². The van der Waals surface area contributed by atoms with Gasteiger partial charge in [-0.05, 0) is 58.1 Å². The Labute approximate surface area is 270 Å². The monoisotopic (exact) mass is 624 g/mol. The second-order valence-electron chi connectivity index (χ2n) is 12.2. The summed E-state index contributed by atoms with van der Waals surface area (Å²) in [5.74, 6) is 0.796. The van der Waals surface area contributed by atoms with Crippen molar-refractivity contribution in [3.8, 4) is 0 Å². The van der Waals surface area contributed by atoms with Gasteiger partial charge in [0, 0.05) is 33.5 Å². The van der Waals surface area contributed by atoms with Crippen molar-refractivity contribution in [2.45, 2.75) is 95.0 Å². The van der Waals surface area contributed by atoms with Crippen molar-refractivity contribution in [3.05, 3.63) is 80.3 Å². The lowest BCUT2D eigenvalue weighted by Gasteiger charge is -2.27. The number of fused-ring (bicyclic) bond motifs is 1. The predicted molar refractivity (Wildman–Crippen MR) is 188 cm³/mol. The quantitative estimate of drug-likeness (QED) is 0.108. The number of aliphatic hydroxyl groups is 1. The Hall–Kier alpha value is -3.23. The first kappa shape index (κ1) is 38.8. The van der Waals surface area contributed by atoms with Crippen molar-refractivity contribution < 1.29 is 14.7 Å². The summed E-state index contributed by atoms with van der Waals surface area (Å²) in [6, 6.07) is 0. The lowest BCUT2D eigenvalue weighted by Crippen LogP contribution is -2.37. The molecular formula is C36H56N4O3S. The van der Waals surface area contributed by atoms with Crippen LogP contribution in [-0.4, -0.2) is 47.4 Å². The van der Waals surface area contributed by atoms with Gasteiger partial charge in [0.15, 0.2) is 0 Å². The van der Waals surface area contributed by atoms with E-state index >= 15 is 0 Å². The van der Waals surface area contributed by atoms with Crippen LogP contribution >= 0.6 is 11.3 Å². The number of amides is 2. The molecule has 1 aliphatic rings. The average Bonchev–Trinajstić information content (AvgIpc) is 3.43. The van der Waals surface area contributed by atoms with Gasteiger partial charge < -0.3 is 21.1 Å². The van der Waals surface area contributed by atoms with Gasteiger partial charge in [-0.25, -0.2) is 0 Å². The molecule has 1 unspecified atom stereocenters. The number of allylic oxidation sites excluding steroid dienone is 8. The van der Waals surface area contributed by atoms with E-state index in [2.05, 4.69) is 69.2 Å². The lowest BCUT2D eigenvalue weighted by atomic mass is 9.92. The first-order chi connectivity index (χ1) is 20.7. The van der Waals surface area contributed by atoms with Crippen LogP contribution in [0.4, 0.5) is 0 Å². The fraction of sp³-hybridized carbons (Fsp3) is 0.528. The molecule has 1 aromatic rings. The number of carbonyl (C=O) groups excluding carboxylic acids is 2. The molecule has 0 fully saturated rings. The van der Waals surface area contributed by atoms with E-state index in [1.54, 1.807) is 6.08 Å². The molecule has 2 amide bonds. The molecule has 0 saturated heterocycles. The fourth-order valence-corrected chi connectivity index (χ4v) is 5.01. The molecule has 1 aromatic heterocycles. The smallest absolute Gasteiger partial charge is 0.257 e. The van der Waals surface area contributed by atoms with E-state index in [1.807, 2.05) is 51.0 Å². The van der Waals surface area contributed by atoms with Crippen LogP contribution in [0.25, 0.3) is 0 Å². The highest BCUT2D eigenvalue weighted by Gasteiger charge is 2.27. The minimum Gasteiger partial charge on any atom is -0.401 e. The van der Waals surface area contributed by atoms with Crippen molar-refractivity contribution >= 4 is 29.0 Å². The number of aliphatic imine (C=N–C) groups is 1. The van der Waals surface area contributed by atoms with E-state index in [4.69, 9.17) is 10.8 Å². The minimum atomic E-state index is -0.271. The van der Waals surface area contributed by atoms with Gasteiger partial charge in [0.05, 0.1) is 25.3 Å². The highest BCUT2D eigenvalue weighted by molar-refractivity contribution is 7.10. The van der Waals surface area contributed by atoms with Crippen LogP contribution in [0.1, 0.15) is 103 Å². The molecule has 44 heavy (non-hydrogen) atoms. The molecule has 0 aliphatic carbocycles. The van der Waals surface area contributed by atoms with Gasteiger partial charge >= 0.3 is 0 Å². The lowest BCUT2D eigenvalue weighted by molar-refractivity contribution is -0.127. The number of hydrogen-bond donors (Lipinski definition) is 3. The van der Waals surface area contributed by atoms with Gasteiger partial charge in [-0.2, -0.15) is 0 Å². The number of amidine groups is 1. The molecule has 8 heteroatoms. The molecular weight excluding hydrogens is 568 g/mol. The van der Waals surface area contributed by atoms with Gasteiger partial charge in [-0.1, -0.05) is 89.5 Å². The van der Waals surface area contributed by atoms with Crippen LogP contribution in [-0.2, 0) is 17.8 Å². The van der Waals surface area contributed by atoms with Crippen LogP contribution in [0.3, 0.4) is 0 Å². The fourth-order valence-electron chi connectivity index (χ4n) is 3.92. The van der Waals surface area contributed by atoms with E-state index < -0.39 is 0 Å². The molecule has 4 N–H and O–H groups in total. The number of nitrogens with zero attached hydrogens (tertiary/aromatic N) is 2. The average molecular weight is 625 g/mol. The normalized spacial score (nSPS) is 16.0. The summed E-state index contributed by atoms with van der Waals surface area (Å²) in [5.41, 5.74) is 11.6. The molecule has 2 rings (SSSR count). The third kappa shape index (κ3) is 12.8. The van der Waals surface area contributed by atoms with Crippen molar-refractivity contribution in [1.29, 1.82) is 0 Å². The first-order valence-corrected chi connectivity index (χ1v) is 16.5. The van der Waals surface area contributed by atoms with Crippen LogP contribution in [0.15, 0.2) is 69.2 Å². The molecule has 0 spiro atoms. The molecule has 0 radical (unpaired) electrons. The molecule has 7 nitrogen and oxygen atoms in total. The SMILES string of the molecule is C/C=C(\C)C(=O)N1CCc2c(C(=O)NC(/C=C(\N)C(C)(C)C)=NCCO)csc2C1.CCC(C)=C(C)/C=C\C=C/C(C)CC. The van der Waals surface area contributed by atoms with Crippen molar-refractivity contribution in [2.75, 3.05) is 19.7 Å². The zero-order valence-corrected chi connectivity index (χ0v) is 29.5. The first-order valence-electron chi connectivity index (χ1n) is 15.7. The number of rotatable bonds is 10. The zero-order chi connectivity index (χ0) is 33.4. The molecule has 0 bridgehead atoms. The largest absolute Gasteiger partial charge is 0.401 e. The Morgan fingerprint density at radius 2 is 1.89 bits per heavy atom. The Balaban J connectivity index is 0.000000582. The molecule has 1 aliphatic heterocycles. The Morgan fingerprint density at radius 3 is 2.45 bits per heavy atom. The summed E-state index contributed by atoms with van der Waals surface area (Å²) < 4.78 is 0. The Kier molecular flexibility index (Phi) is 16.9. The summed E-state index contributed by atoms with van der Waals surface area (Å²) >= 11 is 1.49. The highest BCUT2D eigenvalue weighted by Crippen LogP contribution is 2.29. The number of aliphatic hydroxyl groups excluding tert-OH is 1. The maximum Gasteiger partial charge on any atom is 0.257 e. The van der Waals surface area contributed by atoms with E-state index in [-0.39, 0.29) is 30.4 Å². The van der Waals surface area contributed by atoms with Crippen molar-refractivity contribution in [2.24, 2.45) is 22.1 Å². The third-order valence-electron chi connectivity index (χ3n) is 7.78. The molecule has 0 aromatic carbocycles. The molecule has 244 valence electrons. The second-order valence-corrected chi connectivity index (χ2v) is 13.2. The number of hydrogen-bond acceptors (Lipinski definition) is 6. The number of thiophene rings is 1. The van der Waals surface area contributed by atoms with E-state index in [1.165, 1.54) is 28.9 Å². The van der Waals surface area contributed by atoms with Crippen molar-refractivity contribution in [1.82, 2.24) is 10.2 Å². The highest BCUT2D eigenvalue weighted by atomic mass is 32.1. The van der Waals surface area contributed by atoms with Gasteiger partial charge in [0.2, 0.25) is 5.91 Å². The maximum absolute atomic E-state index is 12.9. The van der Waals surface area contributed by atoms with E-state index in [0.29, 0.717) is 42.5 Å². The van der Waals surface area contributed by atoms with E-state index in [9.17, 15) is 9.59 Å². The molecule has 2 heterocycles. The molecule has 1 atom stereocenters.